The number of imide groups is 1. The highest BCUT2D eigenvalue weighted by molar-refractivity contribution is 14.1. The van der Waals surface area contributed by atoms with Crippen molar-refractivity contribution in [1.82, 2.24) is 20.9 Å². The molecule has 50 heavy (non-hydrogen) atoms. The number of unbranched alkanes of at least 4 members (excludes halogenated alkanes) is 2. The molecule has 0 saturated carbocycles. The van der Waals surface area contributed by atoms with Crippen molar-refractivity contribution in [3.05, 3.63) is 29.8 Å². The van der Waals surface area contributed by atoms with Gasteiger partial charge < -0.3 is 31.7 Å². The fourth-order valence-corrected chi connectivity index (χ4v) is 5.42. The Morgan fingerprint density at radius 3 is 2.18 bits per heavy atom. The Kier molecular flexibility index (Phi) is 17.1. The van der Waals surface area contributed by atoms with Gasteiger partial charge in [-0.25, -0.2) is 4.79 Å². The molecule has 15 heteroatoms. The quantitative estimate of drug-likeness (QED) is 0.0432. The van der Waals surface area contributed by atoms with Crippen LogP contribution in [0.15, 0.2) is 24.3 Å². The first-order chi connectivity index (χ1) is 23.4. The number of carbonyl (C=O) groups is 7. The molecule has 3 atom stereocenters. The highest BCUT2D eigenvalue weighted by atomic mass is 127. The van der Waals surface area contributed by atoms with Crippen LogP contribution >= 0.6 is 22.6 Å². The summed E-state index contributed by atoms with van der Waals surface area (Å²) in [5, 5.41) is 10.8. The molecule has 1 aromatic rings. The number of esters is 1. The van der Waals surface area contributed by atoms with Crippen LogP contribution in [0, 0.1) is 17.8 Å². The third-order valence-electron chi connectivity index (χ3n) is 8.31. The molecule has 278 valence electrons. The molecule has 14 nitrogen and oxygen atoms in total. The molecule has 1 aliphatic heterocycles. The van der Waals surface area contributed by atoms with E-state index in [0.717, 1.165) is 5.56 Å². The molecule has 1 fully saturated rings. The lowest BCUT2D eigenvalue weighted by Crippen LogP contribution is -2.54. The Balaban J connectivity index is 1.95. The largest absolute Gasteiger partial charge is 0.460 e. The van der Waals surface area contributed by atoms with Crippen molar-refractivity contribution in [1.29, 1.82) is 0 Å². The number of hydrogen-bond donors (Lipinski definition) is 5. The van der Waals surface area contributed by atoms with E-state index in [9.17, 15) is 33.6 Å². The summed E-state index contributed by atoms with van der Waals surface area (Å²) >= 11 is 2.00. The number of halogens is 1. The third-order valence-corrected chi connectivity index (χ3v) is 8.75. The van der Waals surface area contributed by atoms with Crippen LogP contribution in [-0.4, -0.2) is 75.0 Å². The van der Waals surface area contributed by atoms with Crippen LogP contribution in [0.3, 0.4) is 0 Å². The van der Waals surface area contributed by atoms with E-state index in [1.165, 1.54) is 4.90 Å². The first-order valence-corrected chi connectivity index (χ1v) is 18.2. The number of rotatable bonds is 20. The molecule has 0 spiro atoms. The summed E-state index contributed by atoms with van der Waals surface area (Å²) < 4.78 is 4.67. The number of ether oxygens (including phenoxy) is 1. The van der Waals surface area contributed by atoms with Crippen molar-refractivity contribution >= 4 is 69.8 Å². The molecule has 1 heterocycles. The van der Waals surface area contributed by atoms with Gasteiger partial charge in [-0.05, 0) is 69.1 Å². The highest BCUT2D eigenvalue weighted by Gasteiger charge is 2.39. The second-order valence-electron chi connectivity index (χ2n) is 13.8. The van der Waals surface area contributed by atoms with Crippen molar-refractivity contribution in [3.63, 3.8) is 0 Å². The summed E-state index contributed by atoms with van der Waals surface area (Å²) in [7, 11) is 0. The Bertz CT molecular complexity index is 1360. The SMILES string of the molecule is CC(C)C1CC(=O)N(CCCCCC(=O)N[C@@H](C(=O)N[C@H](CCCNC(N)=O)C(=O)Nc2ccc(COC(=O)C(C)(C)I)cc2)C(C)C)C1=O. The number of alkyl halides is 1. The zero-order chi connectivity index (χ0) is 37.6. The number of nitrogens with two attached hydrogens (primary N) is 1. The summed E-state index contributed by atoms with van der Waals surface area (Å²) in [6.45, 7) is 11.5. The standard InChI is InChI=1S/C35H53IN6O8/c1-21(2)25-19-28(44)42(32(25)47)18-9-7-8-12-27(43)41-29(22(3)4)31(46)40-26(11-10-17-38-34(37)49)30(45)39-24-15-13-23(14-16-24)20-50-33(48)35(5,6)36/h13-16,21-22,25-26,29H,7-12,17-20H2,1-6H3,(H,39,45)(H,40,46)(H,41,43)(H3,37,38,49)/t25?,26-,29-/m1/s1. The summed E-state index contributed by atoms with van der Waals surface area (Å²) in [6, 6.07) is 4.13. The van der Waals surface area contributed by atoms with Crippen LogP contribution in [0.2, 0.25) is 0 Å². The summed E-state index contributed by atoms with van der Waals surface area (Å²) in [4.78, 5) is 88.9. The maximum atomic E-state index is 13.4. The van der Waals surface area contributed by atoms with Gasteiger partial charge in [0.25, 0.3) is 0 Å². The topological polar surface area (TPSA) is 206 Å². The van der Waals surface area contributed by atoms with Gasteiger partial charge in [-0.3, -0.25) is 33.7 Å². The second kappa shape index (κ2) is 20.2. The number of nitrogens with one attached hydrogen (secondary N) is 4. The van der Waals surface area contributed by atoms with E-state index < -0.39 is 33.4 Å². The fraction of sp³-hybridized carbons (Fsp3) is 0.629. The molecule has 1 aromatic carbocycles. The lowest BCUT2D eigenvalue weighted by molar-refractivity contribution is -0.146. The van der Waals surface area contributed by atoms with Gasteiger partial charge in [0.15, 0.2) is 0 Å². The molecule has 0 aromatic heterocycles. The Morgan fingerprint density at radius 2 is 1.62 bits per heavy atom. The Labute approximate surface area is 308 Å². The van der Waals surface area contributed by atoms with E-state index in [4.69, 9.17) is 10.5 Å². The van der Waals surface area contributed by atoms with Gasteiger partial charge in [-0.15, -0.1) is 0 Å². The number of anilines is 1. The van der Waals surface area contributed by atoms with E-state index in [-0.39, 0.29) is 73.9 Å². The molecule has 0 aliphatic carbocycles. The lowest BCUT2D eigenvalue weighted by atomic mass is 9.94. The van der Waals surface area contributed by atoms with Gasteiger partial charge in [-0.2, -0.15) is 0 Å². The lowest BCUT2D eigenvalue weighted by Gasteiger charge is -2.25. The van der Waals surface area contributed by atoms with Crippen molar-refractivity contribution in [2.45, 2.75) is 109 Å². The molecule has 7 amide bonds. The first-order valence-electron chi connectivity index (χ1n) is 17.1. The fourth-order valence-electron chi connectivity index (χ4n) is 5.26. The monoisotopic (exact) mass is 812 g/mol. The highest BCUT2D eigenvalue weighted by Crippen LogP contribution is 2.26. The van der Waals surface area contributed by atoms with Gasteiger partial charge in [0, 0.05) is 37.5 Å². The Hall–Kier alpha value is -3.76. The third kappa shape index (κ3) is 14.2. The second-order valence-corrected chi connectivity index (χ2v) is 16.5. The van der Waals surface area contributed by atoms with Gasteiger partial charge in [0.05, 0.1) is 0 Å². The average molecular weight is 813 g/mol. The molecule has 0 bridgehead atoms. The summed E-state index contributed by atoms with van der Waals surface area (Å²) in [5.74, 6) is -2.43. The predicted octanol–water partition coefficient (Wildman–Crippen LogP) is 3.55. The molecular weight excluding hydrogens is 759 g/mol. The van der Waals surface area contributed by atoms with Crippen LogP contribution < -0.4 is 27.0 Å². The van der Waals surface area contributed by atoms with E-state index in [0.29, 0.717) is 37.9 Å². The number of benzene rings is 1. The van der Waals surface area contributed by atoms with E-state index in [2.05, 4.69) is 21.3 Å². The maximum Gasteiger partial charge on any atom is 0.321 e. The Morgan fingerprint density at radius 1 is 0.960 bits per heavy atom. The van der Waals surface area contributed by atoms with Crippen molar-refractivity contribution < 1.29 is 38.3 Å². The van der Waals surface area contributed by atoms with Gasteiger partial charge >= 0.3 is 12.0 Å². The molecule has 1 aliphatic rings. The number of hydrogen-bond acceptors (Lipinski definition) is 8. The zero-order valence-corrected chi connectivity index (χ0v) is 32.1. The minimum absolute atomic E-state index is 0.0762. The van der Waals surface area contributed by atoms with Crippen molar-refractivity contribution in [3.8, 4) is 0 Å². The van der Waals surface area contributed by atoms with E-state index in [1.54, 1.807) is 52.0 Å². The van der Waals surface area contributed by atoms with Crippen LogP contribution in [0.25, 0.3) is 0 Å². The van der Waals surface area contributed by atoms with Crippen LogP contribution in [-0.2, 0) is 40.1 Å². The van der Waals surface area contributed by atoms with Gasteiger partial charge in [0.2, 0.25) is 29.5 Å². The smallest absolute Gasteiger partial charge is 0.321 e. The average Bonchev–Trinajstić information content (AvgIpc) is 3.32. The van der Waals surface area contributed by atoms with Crippen LogP contribution in [0.4, 0.5) is 10.5 Å². The minimum atomic E-state index is -0.992. The molecule has 1 saturated heterocycles. The number of urea groups is 1. The molecule has 1 unspecified atom stereocenters. The van der Waals surface area contributed by atoms with Crippen LogP contribution in [0.1, 0.15) is 92.1 Å². The summed E-state index contributed by atoms with van der Waals surface area (Å²) in [6.07, 6.45) is 2.63. The van der Waals surface area contributed by atoms with Gasteiger partial charge in [-0.1, -0.05) is 68.8 Å². The predicted molar refractivity (Wildman–Crippen MR) is 197 cm³/mol. The molecule has 2 rings (SSSR count). The van der Waals surface area contributed by atoms with E-state index >= 15 is 0 Å². The van der Waals surface area contributed by atoms with Crippen molar-refractivity contribution in [2.75, 3.05) is 18.4 Å². The molecule has 0 radical (unpaired) electrons. The maximum absolute atomic E-state index is 13.4. The number of amides is 7. The normalized spacial score (nSPS) is 15.9. The number of primary amides is 1. The van der Waals surface area contributed by atoms with Crippen molar-refractivity contribution in [2.24, 2.45) is 23.5 Å². The zero-order valence-electron chi connectivity index (χ0n) is 29.9. The first kappa shape index (κ1) is 42.4. The molecular formula is C35H53IN6O8. The summed E-state index contributed by atoms with van der Waals surface area (Å²) in [5.41, 5.74) is 6.34. The van der Waals surface area contributed by atoms with Crippen LogP contribution in [0.5, 0.6) is 0 Å². The number of nitrogens with zero attached hydrogens (tertiary/aromatic N) is 1. The van der Waals surface area contributed by atoms with Gasteiger partial charge in [0.1, 0.15) is 22.1 Å². The number of carbonyl (C=O) groups excluding carboxylic acids is 7. The minimum Gasteiger partial charge on any atom is -0.460 e. The number of likely N-dealkylation sites (tertiary alicyclic amines) is 1. The molecule has 6 N–H and O–H groups in total. The van der Waals surface area contributed by atoms with E-state index in [1.807, 2.05) is 36.4 Å².